The summed E-state index contributed by atoms with van der Waals surface area (Å²) < 4.78 is 28.0. The second kappa shape index (κ2) is 8.84. The number of hydrogen-bond acceptors (Lipinski definition) is 4. The molecule has 0 radical (unpaired) electrons. The van der Waals surface area contributed by atoms with Gasteiger partial charge in [0.05, 0.1) is 23.5 Å². The van der Waals surface area contributed by atoms with Crippen LogP contribution in [0.2, 0.25) is 0 Å². The molecule has 2 aromatic carbocycles. The molecule has 1 aliphatic carbocycles. The van der Waals surface area contributed by atoms with Crippen LogP contribution in [0.3, 0.4) is 0 Å². The molecule has 0 saturated carbocycles. The maximum atomic E-state index is 14.1. The monoisotopic (exact) mass is 462 g/mol. The first kappa shape index (κ1) is 23.3. The summed E-state index contributed by atoms with van der Waals surface area (Å²) in [4.78, 5) is 17.4. The van der Waals surface area contributed by atoms with Crippen molar-refractivity contribution in [2.24, 2.45) is 0 Å². The van der Waals surface area contributed by atoms with Gasteiger partial charge in [-0.15, -0.1) is 0 Å². The van der Waals surface area contributed by atoms with Crippen molar-refractivity contribution in [3.8, 4) is 17.3 Å². The predicted octanol–water partition coefficient (Wildman–Crippen LogP) is 5.11. The number of halogens is 2. The van der Waals surface area contributed by atoms with Crippen molar-refractivity contribution in [2.75, 3.05) is 5.32 Å². The van der Waals surface area contributed by atoms with Gasteiger partial charge in [-0.3, -0.25) is 0 Å². The van der Waals surface area contributed by atoms with Gasteiger partial charge in [-0.1, -0.05) is 44.2 Å². The molecule has 34 heavy (non-hydrogen) atoms. The first-order chi connectivity index (χ1) is 16.1. The first-order valence-corrected chi connectivity index (χ1v) is 10.8. The molecule has 0 bridgehead atoms. The van der Waals surface area contributed by atoms with Gasteiger partial charge in [-0.2, -0.15) is 5.26 Å². The normalized spacial score (nSPS) is 18.5. The molecule has 1 aliphatic rings. The third-order valence-corrected chi connectivity index (χ3v) is 6.16. The highest BCUT2D eigenvalue weighted by atomic mass is 19.2. The van der Waals surface area contributed by atoms with Crippen LogP contribution in [0.1, 0.15) is 48.7 Å². The third kappa shape index (κ3) is 4.35. The van der Waals surface area contributed by atoms with E-state index in [9.17, 15) is 23.9 Å². The Morgan fingerprint density at radius 3 is 2.53 bits per heavy atom. The Kier molecular flexibility index (Phi) is 6.07. The van der Waals surface area contributed by atoms with Crippen LogP contribution in [0.5, 0.6) is 0 Å². The lowest BCUT2D eigenvalue weighted by molar-refractivity contribution is 0.0878. The summed E-state index contributed by atoms with van der Waals surface area (Å²) in [7, 11) is 0. The fourth-order valence-electron chi connectivity index (χ4n) is 4.48. The Balaban J connectivity index is 1.67. The van der Waals surface area contributed by atoms with Crippen LogP contribution in [0, 0.1) is 29.9 Å². The molecule has 174 valence electrons. The highest BCUT2D eigenvalue weighted by molar-refractivity contribution is 5.94. The Labute approximate surface area is 196 Å². The van der Waals surface area contributed by atoms with E-state index in [1.165, 1.54) is 0 Å². The zero-order chi connectivity index (χ0) is 24.6. The minimum absolute atomic E-state index is 0.237. The fraction of sp³-hybridized carbons (Fsp3) is 0.269. The molecule has 3 aromatic rings. The summed E-state index contributed by atoms with van der Waals surface area (Å²) in [6.45, 7) is 5.38. The zero-order valence-corrected chi connectivity index (χ0v) is 19.0. The number of nitriles is 1. The summed E-state index contributed by atoms with van der Waals surface area (Å²) in [5.41, 5.74) is 2.57. The largest absolute Gasteiger partial charge is 0.391 e. The van der Waals surface area contributed by atoms with Crippen molar-refractivity contribution in [2.45, 2.75) is 44.8 Å². The minimum Gasteiger partial charge on any atom is -0.391 e. The lowest BCUT2D eigenvalue weighted by atomic mass is 9.69. The van der Waals surface area contributed by atoms with E-state index in [4.69, 9.17) is 0 Å². The van der Waals surface area contributed by atoms with Crippen LogP contribution in [0.25, 0.3) is 11.3 Å². The number of aliphatic hydroxyl groups is 1. The quantitative estimate of drug-likeness (QED) is 0.504. The van der Waals surface area contributed by atoms with Crippen molar-refractivity contribution in [1.29, 1.82) is 5.26 Å². The zero-order valence-electron chi connectivity index (χ0n) is 19.0. The van der Waals surface area contributed by atoms with E-state index in [-0.39, 0.29) is 12.1 Å². The smallest absolute Gasteiger partial charge is 0.319 e. The summed E-state index contributed by atoms with van der Waals surface area (Å²) in [5.74, 6) is -2.02. The van der Waals surface area contributed by atoms with Gasteiger partial charge in [-0.25, -0.2) is 18.6 Å². The van der Waals surface area contributed by atoms with E-state index in [0.717, 1.165) is 12.1 Å². The number of nitrogens with zero attached hydrogens (tertiary/aromatic N) is 2. The van der Waals surface area contributed by atoms with Crippen molar-refractivity contribution in [3.05, 3.63) is 82.5 Å². The van der Waals surface area contributed by atoms with Crippen molar-refractivity contribution in [1.82, 2.24) is 10.3 Å². The number of hydrogen-bond donors (Lipinski definition) is 3. The second-order valence-electron chi connectivity index (χ2n) is 9.11. The van der Waals surface area contributed by atoms with Gasteiger partial charge in [0.15, 0.2) is 11.6 Å². The first-order valence-electron chi connectivity index (χ1n) is 10.8. The number of carbonyl (C=O) groups is 1. The third-order valence-electron chi connectivity index (χ3n) is 6.16. The number of nitrogens with one attached hydrogen (secondary N) is 2. The van der Waals surface area contributed by atoms with Crippen molar-refractivity contribution in [3.63, 3.8) is 0 Å². The van der Waals surface area contributed by atoms with Crippen LogP contribution in [-0.4, -0.2) is 22.2 Å². The van der Waals surface area contributed by atoms with Crippen molar-refractivity contribution < 1.29 is 18.7 Å². The molecule has 3 N–H and O–H groups in total. The van der Waals surface area contributed by atoms with Gasteiger partial charge in [-0.05, 0) is 53.6 Å². The number of anilines is 1. The molecular weight excluding hydrogens is 438 g/mol. The average Bonchev–Trinajstić information content (AvgIpc) is 2.78. The minimum atomic E-state index is -1.05. The Bertz CT molecular complexity index is 1300. The molecule has 6 nitrogen and oxygen atoms in total. The van der Waals surface area contributed by atoms with E-state index < -0.39 is 35.2 Å². The Hall–Kier alpha value is -3.83. The molecule has 2 atom stereocenters. The number of urea groups is 1. The maximum absolute atomic E-state index is 14.1. The molecule has 1 heterocycles. The van der Waals surface area contributed by atoms with E-state index in [1.54, 1.807) is 13.0 Å². The van der Waals surface area contributed by atoms with Crippen LogP contribution in [-0.2, 0) is 5.41 Å². The molecule has 0 spiro atoms. The molecule has 0 aliphatic heterocycles. The summed E-state index contributed by atoms with van der Waals surface area (Å²) in [6.07, 6.45) is -0.754. The number of rotatable bonds is 3. The molecule has 0 fully saturated rings. The Morgan fingerprint density at radius 1 is 1.18 bits per heavy atom. The van der Waals surface area contributed by atoms with Gasteiger partial charge in [0.2, 0.25) is 0 Å². The van der Waals surface area contributed by atoms with Gasteiger partial charge in [0.1, 0.15) is 11.8 Å². The molecule has 2 amide bonds. The molecule has 1 aromatic heterocycles. The molecule has 4 rings (SSSR count). The summed E-state index contributed by atoms with van der Waals surface area (Å²) >= 11 is 0. The standard InChI is InChI=1S/C26H24F2N4O2/c1-14-9-20(23(30-21(14)13-29)15-7-5-4-6-8-15)31-25(34)32-24-16-10-18(27)19(28)11-17(16)26(2,3)12-22(24)33/h4-11,22,24,33H,12H2,1-3H3,(H2,31,32,34)/t22-,24-/m1/s1. The number of amides is 2. The van der Waals surface area contributed by atoms with Crippen LogP contribution in [0.15, 0.2) is 48.5 Å². The predicted molar refractivity (Wildman–Crippen MR) is 124 cm³/mol. The average molecular weight is 463 g/mol. The summed E-state index contributed by atoms with van der Waals surface area (Å²) in [6, 6.07) is 13.4. The van der Waals surface area contributed by atoms with E-state index >= 15 is 0 Å². The topological polar surface area (TPSA) is 98.0 Å². The van der Waals surface area contributed by atoms with Gasteiger partial charge in [0, 0.05) is 5.56 Å². The highest BCUT2D eigenvalue weighted by Gasteiger charge is 2.40. The number of fused-ring (bicyclic) bond motifs is 1. The molecule has 0 saturated heterocycles. The number of pyridine rings is 1. The number of carbonyl (C=O) groups excluding carboxylic acids is 1. The Morgan fingerprint density at radius 2 is 1.85 bits per heavy atom. The number of benzene rings is 2. The number of aromatic nitrogens is 1. The van der Waals surface area contributed by atoms with Crippen LogP contribution >= 0.6 is 0 Å². The summed E-state index contributed by atoms with van der Waals surface area (Å²) in [5, 5.41) is 25.6. The second-order valence-corrected chi connectivity index (χ2v) is 9.11. The molecule has 8 heteroatoms. The van der Waals surface area contributed by atoms with Crippen molar-refractivity contribution >= 4 is 11.7 Å². The van der Waals surface area contributed by atoms with Crippen LogP contribution < -0.4 is 10.6 Å². The molecule has 0 unspecified atom stereocenters. The lowest BCUT2D eigenvalue weighted by Crippen LogP contribution is -2.45. The van der Waals surface area contributed by atoms with E-state index in [0.29, 0.717) is 33.6 Å². The number of aliphatic hydroxyl groups excluding tert-OH is 1. The highest BCUT2D eigenvalue weighted by Crippen LogP contribution is 2.42. The van der Waals surface area contributed by atoms with Gasteiger partial charge in [0.25, 0.3) is 0 Å². The van der Waals surface area contributed by atoms with Gasteiger partial charge < -0.3 is 15.7 Å². The SMILES string of the molecule is Cc1cc(NC(=O)N[C@@H]2c3cc(F)c(F)cc3C(C)(C)C[C@H]2O)c(-c2ccccc2)nc1C#N. The number of aryl methyl sites for hydroxylation is 1. The van der Waals surface area contributed by atoms with Gasteiger partial charge >= 0.3 is 6.03 Å². The van der Waals surface area contributed by atoms with E-state index in [1.807, 2.05) is 50.2 Å². The fourth-order valence-corrected chi connectivity index (χ4v) is 4.48. The lowest BCUT2D eigenvalue weighted by Gasteiger charge is -2.40. The maximum Gasteiger partial charge on any atom is 0.319 e. The molecular formula is C26H24F2N4O2. The van der Waals surface area contributed by atoms with Crippen LogP contribution in [0.4, 0.5) is 19.3 Å². The van der Waals surface area contributed by atoms with E-state index in [2.05, 4.69) is 15.6 Å².